The first-order chi connectivity index (χ1) is 10.1. The van der Waals surface area contributed by atoms with Crippen molar-refractivity contribution < 1.29 is 4.79 Å². The maximum Gasteiger partial charge on any atom is 0.342 e. The van der Waals surface area contributed by atoms with Crippen LogP contribution in [0.1, 0.15) is 5.56 Å². The van der Waals surface area contributed by atoms with Crippen LogP contribution in [0.3, 0.4) is 0 Å². The van der Waals surface area contributed by atoms with E-state index in [1.54, 1.807) is 18.3 Å². The Morgan fingerprint density at radius 3 is 2.71 bits per heavy atom. The molecule has 1 aromatic heterocycles. The summed E-state index contributed by atoms with van der Waals surface area (Å²) in [7, 11) is 0. The number of carbonyl (C=O) groups excluding carboxylic acids is 1. The predicted octanol–water partition coefficient (Wildman–Crippen LogP) is 4.10. The van der Waals surface area contributed by atoms with Gasteiger partial charge in [0.05, 0.1) is 15.6 Å². The number of hydrogen-bond acceptors (Lipinski definition) is 2. The Morgan fingerprint density at radius 1 is 1.14 bits per heavy atom. The zero-order valence-electron chi connectivity index (χ0n) is 10.9. The lowest BCUT2D eigenvalue weighted by Gasteiger charge is -2.06. The van der Waals surface area contributed by atoms with Crippen LogP contribution in [0.5, 0.6) is 0 Å². The predicted molar refractivity (Wildman–Crippen MR) is 83.8 cm³/mol. The zero-order chi connectivity index (χ0) is 14.8. The van der Waals surface area contributed by atoms with Crippen molar-refractivity contribution in [2.75, 3.05) is 0 Å². The van der Waals surface area contributed by atoms with Crippen molar-refractivity contribution in [2.45, 2.75) is 6.54 Å². The number of hydrogen-bond donors (Lipinski definition) is 1. The molecule has 3 rings (SSSR count). The summed E-state index contributed by atoms with van der Waals surface area (Å²) < 4.78 is 1.29. The minimum atomic E-state index is -0.294. The lowest BCUT2D eigenvalue weighted by molar-refractivity contribution is 0.239. The van der Waals surface area contributed by atoms with Crippen LogP contribution >= 0.6 is 23.2 Å². The smallest absolute Gasteiger partial charge is 0.332 e. The second-order valence-corrected chi connectivity index (χ2v) is 5.35. The molecule has 0 aliphatic carbocycles. The van der Waals surface area contributed by atoms with E-state index < -0.39 is 0 Å². The molecule has 0 aliphatic rings. The highest BCUT2D eigenvalue weighted by Crippen LogP contribution is 2.22. The van der Waals surface area contributed by atoms with Crippen LogP contribution in [0.15, 0.2) is 48.7 Å². The Hall–Kier alpha value is -2.04. The second kappa shape index (κ2) is 5.76. The van der Waals surface area contributed by atoms with E-state index in [1.807, 2.05) is 30.3 Å². The molecule has 4 nitrogen and oxygen atoms in total. The molecule has 1 amide bonds. The minimum Gasteiger partial charge on any atom is -0.332 e. The molecule has 21 heavy (non-hydrogen) atoms. The fourth-order valence-corrected chi connectivity index (χ4v) is 2.30. The van der Waals surface area contributed by atoms with E-state index in [0.29, 0.717) is 16.6 Å². The summed E-state index contributed by atoms with van der Waals surface area (Å²) in [6.07, 6.45) is 1.69. The molecule has 0 saturated carbocycles. The first-order valence-corrected chi connectivity index (χ1v) is 7.05. The fourth-order valence-electron chi connectivity index (χ4n) is 1.98. The van der Waals surface area contributed by atoms with Gasteiger partial charge in [-0.1, -0.05) is 47.5 Å². The van der Waals surface area contributed by atoms with Gasteiger partial charge in [-0.15, -0.1) is 0 Å². The summed E-state index contributed by atoms with van der Waals surface area (Å²) in [4.78, 5) is 12.1. The molecule has 0 aliphatic heterocycles. The van der Waals surface area contributed by atoms with E-state index in [2.05, 4.69) is 10.4 Å². The molecule has 6 heteroatoms. The number of rotatable bonds is 2. The van der Waals surface area contributed by atoms with E-state index in [0.717, 1.165) is 16.5 Å². The van der Waals surface area contributed by atoms with Gasteiger partial charge in [-0.25, -0.2) is 4.79 Å². The van der Waals surface area contributed by atoms with E-state index in [9.17, 15) is 4.79 Å². The molecular weight excluding hydrogens is 309 g/mol. The number of benzene rings is 2. The molecule has 1 N–H and O–H groups in total. The molecule has 2 aromatic carbocycles. The van der Waals surface area contributed by atoms with Crippen LogP contribution in [0.25, 0.3) is 10.9 Å². The number of halogens is 2. The highest BCUT2D eigenvalue weighted by atomic mass is 35.5. The summed E-state index contributed by atoms with van der Waals surface area (Å²) in [5.74, 6) is 0. The van der Waals surface area contributed by atoms with Gasteiger partial charge in [0.2, 0.25) is 0 Å². The van der Waals surface area contributed by atoms with Gasteiger partial charge in [-0.05, 0) is 23.8 Å². The molecular formula is C15H11Cl2N3O. The van der Waals surface area contributed by atoms with Crippen molar-refractivity contribution in [3.63, 3.8) is 0 Å². The molecule has 3 aromatic rings. The maximum absolute atomic E-state index is 12.1. The van der Waals surface area contributed by atoms with Gasteiger partial charge in [0, 0.05) is 18.1 Å². The number of nitrogens with one attached hydrogen (secondary N) is 1. The second-order valence-electron chi connectivity index (χ2n) is 4.54. The van der Waals surface area contributed by atoms with Crippen molar-refractivity contribution >= 4 is 40.1 Å². The topological polar surface area (TPSA) is 46.9 Å². The first-order valence-electron chi connectivity index (χ1n) is 6.30. The molecule has 0 unspecified atom stereocenters. The summed E-state index contributed by atoms with van der Waals surface area (Å²) >= 11 is 11.8. The van der Waals surface area contributed by atoms with Crippen LogP contribution in [0, 0.1) is 0 Å². The normalized spacial score (nSPS) is 10.8. The highest BCUT2D eigenvalue weighted by Gasteiger charge is 2.08. The van der Waals surface area contributed by atoms with Gasteiger partial charge in [-0.3, -0.25) is 0 Å². The van der Waals surface area contributed by atoms with E-state index >= 15 is 0 Å². The van der Waals surface area contributed by atoms with Crippen LogP contribution in [-0.4, -0.2) is 15.8 Å². The SMILES string of the molecule is O=C(NCc1ccc(Cl)c(Cl)c1)n1cc2ccccc2n1. The minimum absolute atomic E-state index is 0.294. The van der Waals surface area contributed by atoms with E-state index in [-0.39, 0.29) is 6.03 Å². The highest BCUT2D eigenvalue weighted by molar-refractivity contribution is 6.42. The van der Waals surface area contributed by atoms with Crippen LogP contribution in [-0.2, 0) is 6.54 Å². The van der Waals surface area contributed by atoms with Gasteiger partial charge >= 0.3 is 6.03 Å². The summed E-state index contributed by atoms with van der Waals surface area (Å²) in [5, 5.41) is 8.87. The third kappa shape index (κ3) is 3.01. The van der Waals surface area contributed by atoms with Crippen LogP contribution < -0.4 is 5.32 Å². The third-order valence-electron chi connectivity index (χ3n) is 3.05. The molecule has 0 saturated heterocycles. The molecule has 0 radical (unpaired) electrons. The maximum atomic E-state index is 12.1. The first kappa shape index (κ1) is 13.9. The van der Waals surface area contributed by atoms with Crippen molar-refractivity contribution in [1.82, 2.24) is 15.1 Å². The molecule has 0 fully saturated rings. The number of aromatic nitrogens is 2. The molecule has 0 atom stereocenters. The van der Waals surface area contributed by atoms with Crippen molar-refractivity contribution in [2.24, 2.45) is 0 Å². The quantitative estimate of drug-likeness (QED) is 0.773. The molecule has 1 heterocycles. The largest absolute Gasteiger partial charge is 0.342 e. The Kier molecular flexibility index (Phi) is 3.82. The fraction of sp³-hybridized carbons (Fsp3) is 0.0667. The lowest BCUT2D eigenvalue weighted by atomic mass is 10.2. The zero-order valence-corrected chi connectivity index (χ0v) is 12.4. The molecule has 0 bridgehead atoms. The third-order valence-corrected chi connectivity index (χ3v) is 3.79. The Morgan fingerprint density at radius 2 is 1.95 bits per heavy atom. The molecule has 106 valence electrons. The Labute approximate surface area is 131 Å². The van der Waals surface area contributed by atoms with Crippen LogP contribution in [0.4, 0.5) is 4.79 Å². The van der Waals surface area contributed by atoms with E-state index in [4.69, 9.17) is 23.2 Å². The standard InChI is InChI=1S/C15H11Cl2N3O/c16-12-6-5-10(7-13(12)17)8-18-15(21)20-9-11-3-1-2-4-14(11)19-20/h1-7,9H,8H2,(H,18,21). The van der Waals surface area contributed by atoms with Crippen LogP contribution in [0.2, 0.25) is 10.0 Å². The van der Waals surface area contributed by atoms with Gasteiger partial charge < -0.3 is 5.32 Å². The van der Waals surface area contributed by atoms with Crippen molar-refractivity contribution in [3.05, 3.63) is 64.3 Å². The Balaban J connectivity index is 1.72. The van der Waals surface area contributed by atoms with Gasteiger partial charge in [0.25, 0.3) is 0 Å². The van der Waals surface area contributed by atoms with Crippen molar-refractivity contribution in [1.29, 1.82) is 0 Å². The lowest BCUT2D eigenvalue weighted by Crippen LogP contribution is -2.28. The monoisotopic (exact) mass is 319 g/mol. The average molecular weight is 320 g/mol. The Bertz CT molecular complexity index is 781. The number of carbonyl (C=O) groups is 1. The van der Waals surface area contributed by atoms with Gasteiger partial charge in [-0.2, -0.15) is 9.78 Å². The average Bonchev–Trinajstić information content (AvgIpc) is 2.92. The summed E-state index contributed by atoms with van der Waals surface area (Å²) in [6.45, 7) is 0.353. The van der Waals surface area contributed by atoms with E-state index in [1.165, 1.54) is 4.68 Å². The molecule has 0 spiro atoms. The van der Waals surface area contributed by atoms with Gasteiger partial charge in [0.15, 0.2) is 0 Å². The van der Waals surface area contributed by atoms with Crippen molar-refractivity contribution in [3.8, 4) is 0 Å². The summed E-state index contributed by atoms with van der Waals surface area (Å²) in [5.41, 5.74) is 1.65. The number of fused-ring (bicyclic) bond motifs is 1. The summed E-state index contributed by atoms with van der Waals surface area (Å²) in [6, 6.07) is 12.5. The van der Waals surface area contributed by atoms with Gasteiger partial charge in [0.1, 0.15) is 0 Å². The number of amides is 1. The number of nitrogens with zero attached hydrogens (tertiary/aromatic N) is 2.